The number of aromatic nitrogens is 8. The highest BCUT2D eigenvalue weighted by Crippen LogP contribution is 2.35. The van der Waals surface area contributed by atoms with Crippen LogP contribution in [0.5, 0.6) is 0 Å². The first-order valence-corrected chi connectivity index (χ1v) is 10.7. The maximum atomic E-state index is 12.9. The van der Waals surface area contributed by atoms with E-state index in [-0.39, 0.29) is 24.2 Å². The molecule has 0 aliphatic heterocycles. The average molecular weight is 445 g/mol. The molecule has 0 radical (unpaired) electrons. The summed E-state index contributed by atoms with van der Waals surface area (Å²) in [5, 5.41) is 28.3. The van der Waals surface area contributed by atoms with Crippen molar-refractivity contribution in [2.45, 2.75) is 38.8 Å². The van der Waals surface area contributed by atoms with E-state index in [1.807, 2.05) is 24.0 Å². The molecule has 1 aliphatic rings. The number of nitrogens with zero attached hydrogens (tertiary/aromatic N) is 8. The summed E-state index contributed by atoms with van der Waals surface area (Å²) in [6.45, 7) is 3.64. The largest absolute Gasteiger partial charge is 0.394 e. The Labute approximate surface area is 189 Å². The van der Waals surface area contributed by atoms with E-state index < -0.39 is 0 Å². The van der Waals surface area contributed by atoms with Gasteiger partial charge >= 0.3 is 0 Å². The highest BCUT2D eigenvalue weighted by atomic mass is 16.3. The molecule has 1 saturated carbocycles. The molecule has 4 aromatic rings. The summed E-state index contributed by atoms with van der Waals surface area (Å²) in [7, 11) is 0. The number of anilines is 1. The minimum absolute atomic E-state index is 0.116. The maximum Gasteiger partial charge on any atom is 0.275 e. The van der Waals surface area contributed by atoms with Crippen molar-refractivity contribution < 1.29 is 9.90 Å². The Morgan fingerprint density at radius 2 is 2.15 bits per heavy atom. The molecule has 0 bridgehead atoms. The molecule has 0 unspecified atom stereocenters. The van der Waals surface area contributed by atoms with Crippen molar-refractivity contribution in [2.24, 2.45) is 0 Å². The molecule has 33 heavy (non-hydrogen) atoms. The molecule has 0 saturated heterocycles. The van der Waals surface area contributed by atoms with Gasteiger partial charge in [-0.05, 0) is 66.4 Å². The van der Waals surface area contributed by atoms with Gasteiger partial charge in [-0.1, -0.05) is 6.07 Å². The Kier molecular flexibility index (Phi) is 5.38. The molecule has 1 fully saturated rings. The number of aliphatic hydroxyl groups excluding tert-OH is 1. The molecule has 1 amide bonds. The van der Waals surface area contributed by atoms with E-state index in [4.69, 9.17) is 0 Å². The van der Waals surface area contributed by atoms with Gasteiger partial charge in [-0.2, -0.15) is 5.10 Å². The Bertz CT molecular complexity index is 1310. The predicted octanol–water partition coefficient (Wildman–Crippen LogP) is 2.44. The fourth-order valence-corrected chi connectivity index (χ4v) is 3.52. The van der Waals surface area contributed by atoms with Crippen molar-refractivity contribution in [3.8, 4) is 22.6 Å². The van der Waals surface area contributed by atoms with Crippen molar-refractivity contribution >= 4 is 11.7 Å². The molecular formula is C22H23N9O2. The summed E-state index contributed by atoms with van der Waals surface area (Å²) in [6.07, 6.45) is 7.84. The Hall–Kier alpha value is -3.99. The number of tetrazole rings is 1. The normalized spacial score (nSPS) is 14.3. The van der Waals surface area contributed by atoms with Crippen LogP contribution in [0, 0.1) is 6.92 Å². The van der Waals surface area contributed by atoms with E-state index in [0.29, 0.717) is 23.4 Å². The number of pyridine rings is 2. The van der Waals surface area contributed by atoms with Gasteiger partial charge in [-0.3, -0.25) is 14.5 Å². The summed E-state index contributed by atoms with van der Waals surface area (Å²) in [6, 6.07) is 7.12. The fourth-order valence-electron chi connectivity index (χ4n) is 3.52. The number of rotatable bonds is 7. The number of carbonyl (C=O) groups excluding carboxylic acids is 1. The lowest BCUT2D eigenvalue weighted by atomic mass is 10.0. The molecular weight excluding hydrogens is 422 g/mol. The van der Waals surface area contributed by atoms with E-state index in [2.05, 4.69) is 35.9 Å². The number of nitrogens with one attached hydrogen (secondary N) is 1. The number of hydrogen-bond donors (Lipinski definition) is 2. The van der Waals surface area contributed by atoms with Gasteiger partial charge in [-0.15, -0.1) is 5.10 Å². The number of hydrogen-bond acceptors (Lipinski definition) is 8. The third kappa shape index (κ3) is 4.22. The van der Waals surface area contributed by atoms with Crippen molar-refractivity contribution in [2.75, 3.05) is 11.9 Å². The Morgan fingerprint density at radius 3 is 2.94 bits per heavy atom. The van der Waals surface area contributed by atoms with Crippen molar-refractivity contribution in [3.63, 3.8) is 0 Å². The van der Waals surface area contributed by atoms with E-state index in [9.17, 15) is 9.90 Å². The second kappa shape index (κ2) is 8.51. The van der Waals surface area contributed by atoms with Gasteiger partial charge < -0.3 is 10.4 Å². The maximum absolute atomic E-state index is 12.9. The van der Waals surface area contributed by atoms with Crippen LogP contribution in [0.4, 0.5) is 5.82 Å². The smallest absolute Gasteiger partial charge is 0.275 e. The minimum atomic E-state index is -0.376. The van der Waals surface area contributed by atoms with Crippen LogP contribution in [0.1, 0.15) is 47.9 Å². The summed E-state index contributed by atoms with van der Waals surface area (Å²) < 4.78 is 3.47. The third-order valence-corrected chi connectivity index (χ3v) is 5.56. The number of aryl methyl sites for hydroxylation is 1. The Morgan fingerprint density at radius 1 is 1.30 bits per heavy atom. The van der Waals surface area contributed by atoms with Crippen molar-refractivity contribution in [1.29, 1.82) is 0 Å². The molecule has 4 heterocycles. The minimum Gasteiger partial charge on any atom is -0.394 e. The average Bonchev–Trinajstić information content (AvgIpc) is 3.35. The van der Waals surface area contributed by atoms with E-state index in [0.717, 1.165) is 29.5 Å². The second-order valence-corrected chi connectivity index (χ2v) is 8.17. The van der Waals surface area contributed by atoms with Crippen LogP contribution in [-0.2, 0) is 0 Å². The van der Waals surface area contributed by atoms with Crippen molar-refractivity contribution in [1.82, 2.24) is 40.0 Å². The Balaban J connectivity index is 1.38. The van der Waals surface area contributed by atoms with Crippen LogP contribution in [0.3, 0.4) is 0 Å². The number of aliphatic hydroxyl groups is 1. The molecule has 4 aromatic heterocycles. The van der Waals surface area contributed by atoms with E-state index in [1.165, 1.54) is 4.68 Å². The van der Waals surface area contributed by atoms with Gasteiger partial charge in [0.15, 0.2) is 0 Å². The summed E-state index contributed by atoms with van der Waals surface area (Å²) in [5.41, 5.74) is 3.59. The van der Waals surface area contributed by atoms with Crippen molar-refractivity contribution in [3.05, 3.63) is 54.1 Å². The van der Waals surface area contributed by atoms with Gasteiger partial charge in [0.1, 0.15) is 17.2 Å². The lowest BCUT2D eigenvalue weighted by Gasteiger charge is -2.11. The summed E-state index contributed by atoms with van der Waals surface area (Å²) in [5.74, 6) is 0.365. The van der Waals surface area contributed by atoms with Crippen LogP contribution >= 0.6 is 0 Å². The standard InChI is InChI=1S/C22H23N9O2/c1-13-9-23-19(8-17(13)15-10-24-30(11-15)16-6-7-16)22(33)26-20-5-3-4-18(25-20)21-27-28-29-31(21)14(2)12-32/h3-5,8-11,14,16,32H,6-7,12H2,1-2H3,(H,25,26,33)/t14-/m1/s1. The quantitative estimate of drug-likeness (QED) is 0.443. The van der Waals surface area contributed by atoms with E-state index in [1.54, 1.807) is 37.4 Å². The van der Waals surface area contributed by atoms with Crippen LogP contribution < -0.4 is 5.32 Å². The molecule has 5 rings (SSSR count). The molecule has 1 atom stereocenters. The number of amides is 1. The monoisotopic (exact) mass is 445 g/mol. The van der Waals surface area contributed by atoms with Crippen LogP contribution in [0.15, 0.2) is 42.9 Å². The van der Waals surface area contributed by atoms with Gasteiger partial charge in [0.05, 0.1) is 24.9 Å². The molecule has 11 nitrogen and oxygen atoms in total. The molecule has 2 N–H and O–H groups in total. The third-order valence-electron chi connectivity index (χ3n) is 5.56. The first-order chi connectivity index (χ1) is 16.0. The highest BCUT2D eigenvalue weighted by Gasteiger charge is 2.24. The van der Waals surface area contributed by atoms with Crippen LogP contribution in [-0.4, -0.2) is 57.6 Å². The predicted molar refractivity (Wildman–Crippen MR) is 119 cm³/mol. The molecule has 11 heteroatoms. The van der Waals surface area contributed by atoms with E-state index >= 15 is 0 Å². The molecule has 168 valence electrons. The van der Waals surface area contributed by atoms with Gasteiger partial charge in [-0.25, -0.2) is 9.67 Å². The summed E-state index contributed by atoms with van der Waals surface area (Å²) in [4.78, 5) is 21.7. The zero-order chi connectivity index (χ0) is 22.9. The lowest BCUT2D eigenvalue weighted by molar-refractivity contribution is 0.102. The zero-order valence-electron chi connectivity index (χ0n) is 18.3. The SMILES string of the molecule is Cc1cnc(C(=O)Nc2cccc(-c3nnnn3[C@H](C)CO)n2)cc1-c1cnn(C2CC2)c1. The molecule has 0 spiro atoms. The van der Waals surface area contributed by atoms with Gasteiger partial charge in [0.25, 0.3) is 5.91 Å². The van der Waals surface area contributed by atoms with Gasteiger partial charge in [0.2, 0.25) is 5.82 Å². The topological polar surface area (TPSA) is 137 Å². The highest BCUT2D eigenvalue weighted by molar-refractivity contribution is 6.03. The van der Waals surface area contributed by atoms with Crippen LogP contribution in [0.25, 0.3) is 22.6 Å². The second-order valence-electron chi connectivity index (χ2n) is 8.17. The number of carbonyl (C=O) groups is 1. The zero-order valence-corrected chi connectivity index (χ0v) is 18.3. The summed E-state index contributed by atoms with van der Waals surface area (Å²) >= 11 is 0. The first kappa shape index (κ1) is 20.9. The van der Waals surface area contributed by atoms with Crippen LogP contribution in [0.2, 0.25) is 0 Å². The molecule has 1 aliphatic carbocycles. The lowest BCUT2D eigenvalue weighted by Crippen LogP contribution is -2.16. The fraction of sp³-hybridized carbons (Fsp3) is 0.318. The van der Waals surface area contributed by atoms with Gasteiger partial charge in [0, 0.05) is 18.0 Å². The molecule has 0 aromatic carbocycles. The first-order valence-electron chi connectivity index (χ1n) is 10.7.